The lowest BCUT2D eigenvalue weighted by Crippen LogP contribution is -2.27. The SMILES string of the molecule is NC1=NC(=O)[C@H](CC(=O)NCc2ccccc2)S1. The molecule has 94 valence electrons. The van der Waals surface area contributed by atoms with Gasteiger partial charge in [0.05, 0.1) is 0 Å². The standard InChI is InChI=1S/C12H13N3O2S/c13-12-15-11(17)9(18-12)6-10(16)14-7-8-4-2-1-3-5-8/h1-5,9H,6-7H2,(H,14,16)(H2,13,15,17)/t9-/m0/s1. The monoisotopic (exact) mass is 263 g/mol. The zero-order valence-corrected chi connectivity index (χ0v) is 10.4. The molecular formula is C12H13N3O2S. The molecule has 0 fully saturated rings. The average molecular weight is 263 g/mol. The Kier molecular flexibility index (Phi) is 3.99. The fraction of sp³-hybridized carbons (Fsp3) is 0.250. The molecule has 1 aromatic rings. The van der Waals surface area contributed by atoms with Gasteiger partial charge in [0.2, 0.25) is 5.91 Å². The normalized spacial score (nSPS) is 18.6. The van der Waals surface area contributed by atoms with Crippen LogP contribution >= 0.6 is 11.8 Å². The fourth-order valence-electron chi connectivity index (χ4n) is 1.57. The summed E-state index contributed by atoms with van der Waals surface area (Å²) in [6.07, 6.45) is 0.112. The number of hydrogen-bond acceptors (Lipinski definition) is 4. The van der Waals surface area contributed by atoms with Crippen molar-refractivity contribution in [3.05, 3.63) is 35.9 Å². The molecule has 2 rings (SSSR count). The number of benzene rings is 1. The van der Waals surface area contributed by atoms with Crippen LogP contribution in [0, 0.1) is 0 Å². The minimum Gasteiger partial charge on any atom is -0.378 e. The van der Waals surface area contributed by atoms with Gasteiger partial charge in [0, 0.05) is 13.0 Å². The van der Waals surface area contributed by atoms with E-state index in [9.17, 15) is 9.59 Å². The second-order valence-corrected chi connectivity index (χ2v) is 5.08. The highest BCUT2D eigenvalue weighted by Gasteiger charge is 2.28. The van der Waals surface area contributed by atoms with Gasteiger partial charge in [-0.1, -0.05) is 42.1 Å². The highest BCUT2D eigenvalue weighted by atomic mass is 32.2. The molecule has 1 aliphatic heterocycles. The summed E-state index contributed by atoms with van der Waals surface area (Å²) in [5.74, 6) is -0.498. The summed E-state index contributed by atoms with van der Waals surface area (Å²) in [4.78, 5) is 26.6. The van der Waals surface area contributed by atoms with Gasteiger partial charge in [-0.15, -0.1) is 0 Å². The number of thioether (sulfide) groups is 1. The number of nitrogens with one attached hydrogen (secondary N) is 1. The summed E-state index contributed by atoms with van der Waals surface area (Å²) in [5, 5.41) is 2.53. The molecule has 0 saturated carbocycles. The van der Waals surface area contributed by atoms with Crippen molar-refractivity contribution in [3.63, 3.8) is 0 Å². The molecule has 5 nitrogen and oxygen atoms in total. The van der Waals surface area contributed by atoms with E-state index in [0.29, 0.717) is 6.54 Å². The molecule has 0 spiro atoms. The molecule has 3 N–H and O–H groups in total. The van der Waals surface area contributed by atoms with Crippen LogP contribution in [-0.2, 0) is 16.1 Å². The molecule has 1 atom stereocenters. The molecule has 0 aliphatic carbocycles. The number of amides is 2. The quantitative estimate of drug-likeness (QED) is 0.835. The van der Waals surface area contributed by atoms with Gasteiger partial charge in [-0.25, -0.2) is 0 Å². The number of amidine groups is 1. The summed E-state index contributed by atoms with van der Waals surface area (Å²) in [6.45, 7) is 0.460. The Morgan fingerprint density at radius 1 is 1.39 bits per heavy atom. The molecular weight excluding hydrogens is 250 g/mol. The van der Waals surface area contributed by atoms with Crippen molar-refractivity contribution < 1.29 is 9.59 Å². The second kappa shape index (κ2) is 5.68. The maximum atomic E-state index is 11.7. The Hall–Kier alpha value is -1.82. The van der Waals surface area contributed by atoms with Crippen molar-refractivity contribution >= 4 is 28.7 Å². The number of nitrogens with zero attached hydrogens (tertiary/aromatic N) is 1. The Morgan fingerprint density at radius 3 is 2.72 bits per heavy atom. The zero-order valence-electron chi connectivity index (χ0n) is 9.63. The minimum absolute atomic E-state index is 0.112. The number of rotatable bonds is 4. The number of aliphatic imine (C=N–C) groups is 1. The molecule has 1 aromatic carbocycles. The van der Waals surface area contributed by atoms with Crippen LogP contribution in [0.15, 0.2) is 35.3 Å². The third-order valence-electron chi connectivity index (χ3n) is 2.46. The summed E-state index contributed by atoms with van der Waals surface area (Å²) < 4.78 is 0. The van der Waals surface area contributed by atoms with E-state index in [2.05, 4.69) is 10.3 Å². The lowest BCUT2D eigenvalue weighted by atomic mass is 10.2. The van der Waals surface area contributed by atoms with Crippen LogP contribution in [-0.4, -0.2) is 22.2 Å². The molecule has 0 saturated heterocycles. The maximum absolute atomic E-state index is 11.7. The molecule has 2 amide bonds. The second-order valence-electron chi connectivity index (χ2n) is 3.86. The number of carbonyl (C=O) groups excluding carboxylic acids is 2. The predicted molar refractivity (Wildman–Crippen MR) is 70.9 cm³/mol. The smallest absolute Gasteiger partial charge is 0.262 e. The third kappa shape index (κ3) is 3.33. The largest absolute Gasteiger partial charge is 0.378 e. The van der Waals surface area contributed by atoms with Crippen molar-refractivity contribution in [1.82, 2.24) is 5.32 Å². The third-order valence-corrected chi connectivity index (χ3v) is 3.45. The fourth-order valence-corrected chi connectivity index (χ4v) is 2.39. The summed E-state index contributed by atoms with van der Waals surface area (Å²) in [7, 11) is 0. The van der Waals surface area contributed by atoms with Gasteiger partial charge in [-0.3, -0.25) is 9.59 Å². The first-order valence-corrected chi connectivity index (χ1v) is 6.38. The number of hydrogen-bond donors (Lipinski definition) is 2. The van der Waals surface area contributed by atoms with Gasteiger partial charge >= 0.3 is 0 Å². The zero-order chi connectivity index (χ0) is 13.0. The van der Waals surface area contributed by atoms with Gasteiger partial charge in [0.25, 0.3) is 5.91 Å². The van der Waals surface area contributed by atoms with Crippen molar-refractivity contribution in [1.29, 1.82) is 0 Å². The van der Waals surface area contributed by atoms with E-state index in [-0.39, 0.29) is 23.4 Å². The van der Waals surface area contributed by atoms with Crippen molar-refractivity contribution in [3.8, 4) is 0 Å². The molecule has 0 radical (unpaired) electrons. The molecule has 1 aliphatic rings. The van der Waals surface area contributed by atoms with E-state index < -0.39 is 5.25 Å². The highest BCUT2D eigenvalue weighted by Crippen LogP contribution is 2.22. The lowest BCUT2D eigenvalue weighted by Gasteiger charge is -2.07. The summed E-state index contributed by atoms with van der Waals surface area (Å²) >= 11 is 1.14. The van der Waals surface area contributed by atoms with E-state index in [1.54, 1.807) is 0 Å². The lowest BCUT2D eigenvalue weighted by molar-refractivity contribution is -0.124. The molecule has 0 bridgehead atoms. The van der Waals surface area contributed by atoms with Crippen LogP contribution in [0.3, 0.4) is 0 Å². The first-order chi connectivity index (χ1) is 8.65. The van der Waals surface area contributed by atoms with E-state index in [4.69, 9.17) is 5.73 Å². The van der Waals surface area contributed by atoms with E-state index in [1.165, 1.54) is 0 Å². The van der Waals surface area contributed by atoms with Crippen molar-refractivity contribution in [2.45, 2.75) is 18.2 Å². The Bertz CT molecular complexity index is 487. The molecule has 1 heterocycles. The Morgan fingerprint density at radius 2 is 2.11 bits per heavy atom. The van der Waals surface area contributed by atoms with E-state index in [0.717, 1.165) is 17.3 Å². The summed E-state index contributed by atoms with van der Waals surface area (Å²) in [6, 6.07) is 9.59. The topological polar surface area (TPSA) is 84.5 Å². The van der Waals surface area contributed by atoms with Crippen LogP contribution < -0.4 is 11.1 Å². The maximum Gasteiger partial charge on any atom is 0.262 e. The van der Waals surface area contributed by atoms with Crippen LogP contribution in [0.2, 0.25) is 0 Å². The molecule has 0 aromatic heterocycles. The molecule has 0 unspecified atom stereocenters. The van der Waals surface area contributed by atoms with Gasteiger partial charge in [-0.2, -0.15) is 4.99 Å². The summed E-state index contributed by atoms with van der Waals surface area (Å²) in [5.41, 5.74) is 6.44. The van der Waals surface area contributed by atoms with Gasteiger partial charge in [-0.05, 0) is 5.56 Å². The number of carbonyl (C=O) groups is 2. The van der Waals surface area contributed by atoms with E-state index >= 15 is 0 Å². The number of nitrogens with two attached hydrogens (primary N) is 1. The average Bonchev–Trinajstić information content (AvgIpc) is 2.67. The van der Waals surface area contributed by atoms with Crippen LogP contribution in [0.25, 0.3) is 0 Å². The van der Waals surface area contributed by atoms with Crippen molar-refractivity contribution in [2.75, 3.05) is 0 Å². The van der Waals surface area contributed by atoms with Crippen molar-refractivity contribution in [2.24, 2.45) is 10.7 Å². The first kappa shape index (κ1) is 12.6. The van der Waals surface area contributed by atoms with Crippen LogP contribution in [0.5, 0.6) is 0 Å². The van der Waals surface area contributed by atoms with E-state index in [1.807, 2.05) is 30.3 Å². The molecule has 18 heavy (non-hydrogen) atoms. The minimum atomic E-state index is -0.472. The Labute approximate surface area is 109 Å². The Balaban J connectivity index is 1.78. The molecule has 6 heteroatoms. The first-order valence-electron chi connectivity index (χ1n) is 5.50. The van der Waals surface area contributed by atoms with Gasteiger partial charge in [0.1, 0.15) is 5.25 Å². The predicted octanol–water partition coefficient (Wildman–Crippen LogP) is 0.650. The van der Waals surface area contributed by atoms with Crippen LogP contribution in [0.1, 0.15) is 12.0 Å². The highest BCUT2D eigenvalue weighted by molar-refractivity contribution is 8.15. The van der Waals surface area contributed by atoms with Gasteiger partial charge < -0.3 is 11.1 Å². The van der Waals surface area contributed by atoms with Crippen LogP contribution in [0.4, 0.5) is 0 Å². The van der Waals surface area contributed by atoms with Gasteiger partial charge in [0.15, 0.2) is 5.17 Å².